The van der Waals surface area contributed by atoms with E-state index in [9.17, 15) is 9.59 Å². The number of nitrogens with zero attached hydrogens (tertiary/aromatic N) is 3. The molecule has 4 aromatic rings. The van der Waals surface area contributed by atoms with Crippen LogP contribution in [-0.4, -0.2) is 39.4 Å². The first-order valence-corrected chi connectivity index (χ1v) is 12.7. The van der Waals surface area contributed by atoms with Crippen molar-refractivity contribution in [1.29, 1.82) is 0 Å². The largest absolute Gasteiger partial charge is 0.494 e. The molecule has 2 aromatic carbocycles. The first-order chi connectivity index (χ1) is 17.1. The van der Waals surface area contributed by atoms with Gasteiger partial charge in [-0.3, -0.25) is 14.9 Å². The van der Waals surface area contributed by atoms with Crippen LogP contribution >= 0.6 is 23.1 Å². The van der Waals surface area contributed by atoms with Crippen molar-refractivity contribution in [2.45, 2.75) is 25.0 Å². The van der Waals surface area contributed by atoms with E-state index >= 15 is 0 Å². The highest BCUT2D eigenvalue weighted by Gasteiger charge is 2.13. The first kappa shape index (κ1) is 24.4. The molecule has 0 fully saturated rings. The van der Waals surface area contributed by atoms with Crippen LogP contribution in [0.3, 0.4) is 0 Å². The quantitative estimate of drug-likeness (QED) is 0.274. The molecule has 0 aliphatic rings. The minimum Gasteiger partial charge on any atom is -0.494 e. The Bertz CT molecular complexity index is 1260. The Hall–Kier alpha value is -3.70. The third kappa shape index (κ3) is 7.39. The summed E-state index contributed by atoms with van der Waals surface area (Å²) < 4.78 is 11.0. The van der Waals surface area contributed by atoms with E-state index < -0.39 is 0 Å². The van der Waals surface area contributed by atoms with Crippen molar-refractivity contribution in [1.82, 2.24) is 15.2 Å². The smallest absolute Gasteiger partial charge is 0.276 e. The van der Waals surface area contributed by atoms with Gasteiger partial charge in [0.25, 0.3) is 11.1 Å². The van der Waals surface area contributed by atoms with Crippen LogP contribution in [0.2, 0.25) is 0 Å². The van der Waals surface area contributed by atoms with E-state index in [1.807, 2.05) is 42.6 Å². The molecular formula is C24H23N5O4S2. The maximum absolute atomic E-state index is 12.3. The van der Waals surface area contributed by atoms with Crippen molar-refractivity contribution in [3.63, 3.8) is 0 Å². The van der Waals surface area contributed by atoms with Gasteiger partial charge in [0.1, 0.15) is 5.75 Å². The van der Waals surface area contributed by atoms with Crippen LogP contribution in [0.25, 0.3) is 0 Å². The molecule has 0 spiro atoms. The maximum atomic E-state index is 12.3. The predicted molar refractivity (Wildman–Crippen MR) is 135 cm³/mol. The molecule has 0 saturated heterocycles. The summed E-state index contributed by atoms with van der Waals surface area (Å²) in [6.07, 6.45) is 0.648. The fraction of sp³-hybridized carbons (Fsp3) is 0.208. The number of carbonyl (C=O) groups is 2. The second-order valence-electron chi connectivity index (χ2n) is 7.21. The van der Waals surface area contributed by atoms with Crippen LogP contribution < -0.4 is 15.4 Å². The number of rotatable bonds is 11. The molecule has 2 N–H and O–H groups in total. The molecule has 9 nitrogen and oxygen atoms in total. The third-order valence-electron chi connectivity index (χ3n) is 4.59. The molecule has 11 heteroatoms. The highest BCUT2D eigenvalue weighted by Crippen LogP contribution is 2.22. The second-order valence-corrected chi connectivity index (χ2v) is 9.11. The maximum Gasteiger partial charge on any atom is 0.276 e. The number of hydrogen-bond donors (Lipinski definition) is 2. The number of amides is 2. The number of hydrogen-bond acceptors (Lipinski definition) is 9. The van der Waals surface area contributed by atoms with Gasteiger partial charge >= 0.3 is 0 Å². The summed E-state index contributed by atoms with van der Waals surface area (Å²) in [5, 5.41) is 16.4. The average molecular weight is 510 g/mol. The van der Waals surface area contributed by atoms with Crippen LogP contribution in [-0.2, 0) is 11.2 Å². The Kier molecular flexibility index (Phi) is 8.47. The topological polar surface area (TPSA) is 119 Å². The van der Waals surface area contributed by atoms with E-state index in [4.69, 9.17) is 9.15 Å². The van der Waals surface area contributed by atoms with Gasteiger partial charge in [-0.1, -0.05) is 30.0 Å². The minimum atomic E-state index is -0.213. The van der Waals surface area contributed by atoms with E-state index in [0.717, 1.165) is 5.75 Å². The van der Waals surface area contributed by atoms with Crippen LogP contribution in [0.15, 0.2) is 69.6 Å². The molecule has 35 heavy (non-hydrogen) atoms. The van der Waals surface area contributed by atoms with Gasteiger partial charge in [-0.05, 0) is 43.3 Å². The highest BCUT2D eigenvalue weighted by atomic mass is 32.2. The number of nitrogens with one attached hydrogen (secondary N) is 2. The van der Waals surface area contributed by atoms with Crippen molar-refractivity contribution in [3.8, 4) is 5.75 Å². The first-order valence-electron chi connectivity index (χ1n) is 10.9. The third-order valence-corrected chi connectivity index (χ3v) is 6.22. The summed E-state index contributed by atoms with van der Waals surface area (Å²) in [4.78, 5) is 28.8. The van der Waals surface area contributed by atoms with E-state index in [-0.39, 0.29) is 11.8 Å². The van der Waals surface area contributed by atoms with Crippen molar-refractivity contribution in [2.24, 2.45) is 0 Å². The average Bonchev–Trinajstić information content (AvgIpc) is 3.50. The zero-order chi connectivity index (χ0) is 24.5. The SMILES string of the molecule is CCOc1ccc(NC(=O)CCSc2nnc(Cc3csc(NC(=O)c4ccccc4)n3)o2)cc1. The van der Waals surface area contributed by atoms with E-state index in [1.165, 1.54) is 23.1 Å². The van der Waals surface area contributed by atoms with E-state index in [1.54, 1.807) is 24.3 Å². The van der Waals surface area contributed by atoms with Crippen LogP contribution in [0.4, 0.5) is 10.8 Å². The van der Waals surface area contributed by atoms with Crippen LogP contribution in [0.5, 0.6) is 5.75 Å². The lowest BCUT2D eigenvalue weighted by molar-refractivity contribution is -0.115. The summed E-state index contributed by atoms with van der Waals surface area (Å²) in [5.41, 5.74) is 2.00. The molecule has 0 unspecified atom stereocenters. The Labute approximate surface area is 210 Å². The molecular weight excluding hydrogens is 486 g/mol. The van der Waals surface area contributed by atoms with E-state index in [2.05, 4.69) is 25.8 Å². The molecule has 0 saturated carbocycles. The van der Waals surface area contributed by atoms with Gasteiger partial charge in [-0.25, -0.2) is 4.98 Å². The zero-order valence-corrected chi connectivity index (χ0v) is 20.5. The fourth-order valence-electron chi connectivity index (χ4n) is 2.98. The summed E-state index contributed by atoms with van der Waals surface area (Å²) in [7, 11) is 0. The fourth-order valence-corrected chi connectivity index (χ4v) is 4.40. The molecule has 4 rings (SSSR count). The zero-order valence-electron chi connectivity index (χ0n) is 18.9. The summed E-state index contributed by atoms with van der Waals surface area (Å²) >= 11 is 2.64. The van der Waals surface area contributed by atoms with Gasteiger partial charge in [0.05, 0.1) is 18.7 Å². The minimum absolute atomic E-state index is 0.103. The Morgan fingerprint density at radius 2 is 1.86 bits per heavy atom. The van der Waals surface area contributed by atoms with Gasteiger partial charge in [0, 0.05) is 28.8 Å². The van der Waals surface area contributed by atoms with Gasteiger partial charge in [-0.15, -0.1) is 21.5 Å². The monoisotopic (exact) mass is 509 g/mol. The number of thiazole rings is 1. The Balaban J connectivity index is 1.20. The molecule has 0 bridgehead atoms. The molecule has 0 aliphatic carbocycles. The number of ether oxygens (including phenoxy) is 1. The summed E-state index contributed by atoms with van der Waals surface area (Å²) in [6.45, 7) is 2.52. The number of thioether (sulfide) groups is 1. The normalized spacial score (nSPS) is 10.7. The number of anilines is 2. The lowest BCUT2D eigenvalue weighted by Gasteiger charge is -2.06. The standard InChI is InChI=1S/C24H23N5O4S2/c1-2-32-19-10-8-17(9-11-19)25-20(30)12-13-34-24-29-28-21(33-24)14-18-15-35-23(26-18)27-22(31)16-6-4-3-5-7-16/h3-11,15H,2,12-14H2,1H3,(H,25,30)(H,26,27,31). The van der Waals surface area contributed by atoms with Crippen LogP contribution in [0.1, 0.15) is 35.3 Å². The van der Waals surface area contributed by atoms with Crippen molar-refractivity contribution in [3.05, 3.63) is 77.1 Å². The molecule has 0 atom stereocenters. The van der Waals surface area contributed by atoms with Gasteiger partial charge in [0.2, 0.25) is 11.8 Å². The predicted octanol–water partition coefficient (Wildman–Crippen LogP) is 4.89. The number of carbonyl (C=O) groups excluding carboxylic acids is 2. The Morgan fingerprint density at radius 3 is 2.63 bits per heavy atom. The molecule has 2 aromatic heterocycles. The van der Waals surface area contributed by atoms with Crippen molar-refractivity contribution >= 4 is 45.7 Å². The number of aromatic nitrogens is 3. The molecule has 0 radical (unpaired) electrons. The highest BCUT2D eigenvalue weighted by molar-refractivity contribution is 7.99. The second kappa shape index (κ2) is 12.1. The van der Waals surface area contributed by atoms with Gasteiger partial charge in [0.15, 0.2) is 5.13 Å². The summed E-state index contributed by atoms with van der Waals surface area (Å²) in [5.74, 6) is 1.36. The van der Waals surface area contributed by atoms with Crippen molar-refractivity contribution < 1.29 is 18.7 Å². The Morgan fingerprint density at radius 1 is 1.06 bits per heavy atom. The lowest BCUT2D eigenvalue weighted by Crippen LogP contribution is -2.12. The molecule has 0 aliphatic heterocycles. The van der Waals surface area contributed by atoms with E-state index in [0.29, 0.717) is 58.4 Å². The lowest BCUT2D eigenvalue weighted by atomic mass is 10.2. The van der Waals surface area contributed by atoms with Crippen molar-refractivity contribution in [2.75, 3.05) is 23.0 Å². The van der Waals surface area contributed by atoms with Gasteiger partial charge in [-0.2, -0.15) is 0 Å². The molecule has 2 amide bonds. The molecule has 180 valence electrons. The summed E-state index contributed by atoms with van der Waals surface area (Å²) in [6, 6.07) is 16.2. The van der Waals surface area contributed by atoms with Gasteiger partial charge < -0.3 is 14.5 Å². The molecule has 2 heterocycles. The number of benzene rings is 2. The van der Waals surface area contributed by atoms with Crippen LogP contribution in [0, 0.1) is 0 Å².